The molecule has 0 saturated carbocycles. The lowest BCUT2D eigenvalue weighted by Crippen LogP contribution is -2.58. The molecule has 7 nitrogen and oxygen atoms in total. The SMILES string of the molecule is CCCCCCCCc1ccccc1CCC1(NC(=O)OC(C)(C)C)COP(=O)(OC(C)(C)C)OC1. The number of alkyl carbamates (subject to hydrolysis) is 1. The predicted octanol–water partition coefficient (Wildman–Crippen LogP) is 7.76. The van der Waals surface area contributed by atoms with Crippen molar-refractivity contribution < 1.29 is 27.7 Å². The van der Waals surface area contributed by atoms with E-state index in [4.69, 9.17) is 18.3 Å². The van der Waals surface area contributed by atoms with Gasteiger partial charge >= 0.3 is 13.9 Å². The molecule has 0 atom stereocenters. The Balaban J connectivity index is 2.09. The van der Waals surface area contributed by atoms with Crippen LogP contribution in [-0.2, 0) is 35.7 Å². The van der Waals surface area contributed by atoms with E-state index in [0.717, 1.165) is 12.8 Å². The molecule has 1 saturated heterocycles. The van der Waals surface area contributed by atoms with Crippen molar-refractivity contribution in [2.45, 2.75) is 123 Å². The van der Waals surface area contributed by atoms with Crippen LogP contribution in [-0.4, -0.2) is 36.0 Å². The minimum absolute atomic E-state index is 0.0131. The van der Waals surface area contributed by atoms with E-state index < -0.39 is 30.7 Å². The van der Waals surface area contributed by atoms with Crippen LogP contribution in [0.1, 0.15) is 105 Å². The maximum Gasteiger partial charge on any atom is 0.475 e. The smallest absolute Gasteiger partial charge is 0.444 e. The highest BCUT2D eigenvalue weighted by molar-refractivity contribution is 7.48. The molecule has 0 radical (unpaired) electrons. The maximum absolute atomic E-state index is 13.0. The average molecular weight is 526 g/mol. The number of carbonyl (C=O) groups excluding carboxylic acids is 1. The second-order valence-electron chi connectivity index (χ2n) is 11.9. The molecule has 8 heteroatoms. The molecule has 0 aromatic heterocycles. The van der Waals surface area contributed by atoms with Gasteiger partial charge in [0.25, 0.3) is 0 Å². The molecule has 206 valence electrons. The molecule has 1 heterocycles. The summed E-state index contributed by atoms with van der Waals surface area (Å²) in [4.78, 5) is 12.7. The number of rotatable bonds is 12. The molecule has 36 heavy (non-hydrogen) atoms. The number of nitrogens with one attached hydrogen (secondary N) is 1. The summed E-state index contributed by atoms with van der Waals surface area (Å²) in [5.74, 6) is 0. The lowest BCUT2D eigenvalue weighted by molar-refractivity contribution is -0.0275. The van der Waals surface area contributed by atoms with E-state index in [9.17, 15) is 9.36 Å². The van der Waals surface area contributed by atoms with Crippen LogP contribution in [0.25, 0.3) is 0 Å². The van der Waals surface area contributed by atoms with Crippen LogP contribution < -0.4 is 5.32 Å². The Bertz CT molecular complexity index is 862. The van der Waals surface area contributed by atoms with Crippen molar-refractivity contribution >= 4 is 13.9 Å². The van der Waals surface area contributed by atoms with Crippen molar-refractivity contribution in [3.05, 3.63) is 35.4 Å². The van der Waals surface area contributed by atoms with E-state index in [1.54, 1.807) is 20.8 Å². The molecule has 0 aliphatic carbocycles. The van der Waals surface area contributed by atoms with Gasteiger partial charge in [0.05, 0.1) is 24.4 Å². The zero-order valence-electron chi connectivity index (χ0n) is 23.5. The molecule has 0 unspecified atom stereocenters. The summed E-state index contributed by atoms with van der Waals surface area (Å²) in [5, 5.41) is 2.96. The Morgan fingerprint density at radius 3 is 2.03 bits per heavy atom. The van der Waals surface area contributed by atoms with Crippen molar-refractivity contribution in [3.8, 4) is 0 Å². The summed E-state index contributed by atoms with van der Waals surface area (Å²) in [6.07, 6.45) is 9.32. The number of unbranched alkanes of at least 4 members (excludes halogenated alkanes) is 5. The second-order valence-corrected chi connectivity index (χ2v) is 13.5. The number of phosphoric ester groups is 1. The van der Waals surface area contributed by atoms with E-state index >= 15 is 0 Å². The van der Waals surface area contributed by atoms with E-state index in [0.29, 0.717) is 6.42 Å². The molecular weight excluding hydrogens is 477 g/mol. The zero-order chi connectivity index (χ0) is 26.9. The van der Waals surface area contributed by atoms with Gasteiger partial charge in [-0.3, -0.25) is 13.6 Å². The molecular formula is C28H48NO6P. The summed E-state index contributed by atoms with van der Waals surface area (Å²) < 4.78 is 35.4. The summed E-state index contributed by atoms with van der Waals surface area (Å²) in [6.45, 7) is 13.1. The van der Waals surface area contributed by atoms with Crippen molar-refractivity contribution in [2.24, 2.45) is 0 Å². The standard InChI is InChI=1S/C28H48NO6P/c1-8-9-10-11-12-13-16-23-17-14-15-18-24(23)19-20-28(29-25(30)34-26(2,3)4)21-32-36(31,33-22-28)35-27(5,6)7/h14-15,17-18H,8-13,16,19-22H2,1-7H3,(H,29,30). The molecule has 1 aromatic rings. The first kappa shape index (κ1) is 30.8. The molecule has 1 aromatic carbocycles. The van der Waals surface area contributed by atoms with Gasteiger partial charge < -0.3 is 10.1 Å². The van der Waals surface area contributed by atoms with Crippen LogP contribution >= 0.6 is 7.82 Å². The van der Waals surface area contributed by atoms with Crippen LogP contribution in [0.5, 0.6) is 0 Å². The van der Waals surface area contributed by atoms with Crippen molar-refractivity contribution in [3.63, 3.8) is 0 Å². The first-order valence-electron chi connectivity index (χ1n) is 13.4. The van der Waals surface area contributed by atoms with Crippen molar-refractivity contribution in [2.75, 3.05) is 13.2 Å². The lowest BCUT2D eigenvalue weighted by atomic mass is 9.90. The van der Waals surface area contributed by atoms with Gasteiger partial charge in [0, 0.05) is 0 Å². The van der Waals surface area contributed by atoms with Crippen LogP contribution in [0.3, 0.4) is 0 Å². The molecule has 1 aliphatic heterocycles. The highest BCUT2D eigenvalue weighted by atomic mass is 31.2. The van der Waals surface area contributed by atoms with E-state index in [2.05, 4.69) is 30.4 Å². The second kappa shape index (κ2) is 13.4. The Hall–Kier alpha value is -1.40. The Morgan fingerprint density at radius 1 is 0.917 bits per heavy atom. The Morgan fingerprint density at radius 2 is 1.47 bits per heavy atom. The molecule has 1 N–H and O–H groups in total. The van der Waals surface area contributed by atoms with Gasteiger partial charge in [0.1, 0.15) is 5.60 Å². The normalized spacial score (nSPS) is 22.9. The van der Waals surface area contributed by atoms with Crippen LogP contribution in [0.2, 0.25) is 0 Å². The quantitative estimate of drug-likeness (QED) is 0.222. The molecule has 0 bridgehead atoms. The summed E-state index contributed by atoms with van der Waals surface area (Å²) in [5.41, 5.74) is 0.362. The number of aryl methyl sites for hydroxylation is 2. The van der Waals surface area contributed by atoms with Gasteiger partial charge in [-0.25, -0.2) is 9.36 Å². The summed E-state index contributed by atoms with van der Waals surface area (Å²) in [7, 11) is -3.72. The maximum atomic E-state index is 13.0. The summed E-state index contributed by atoms with van der Waals surface area (Å²) >= 11 is 0. The summed E-state index contributed by atoms with van der Waals surface area (Å²) in [6, 6.07) is 8.46. The number of amides is 1. The Labute approximate surface area is 218 Å². The molecule has 0 spiro atoms. The van der Waals surface area contributed by atoms with Crippen LogP contribution in [0.15, 0.2) is 24.3 Å². The molecule has 2 rings (SSSR count). The molecule has 1 aliphatic rings. The van der Waals surface area contributed by atoms with Gasteiger partial charge in [-0.15, -0.1) is 0 Å². The first-order valence-corrected chi connectivity index (χ1v) is 14.9. The Kier molecular flexibility index (Phi) is 11.5. The third-order valence-corrected chi connectivity index (χ3v) is 7.60. The zero-order valence-corrected chi connectivity index (χ0v) is 24.4. The highest BCUT2D eigenvalue weighted by Gasteiger charge is 2.46. The minimum Gasteiger partial charge on any atom is -0.444 e. The van der Waals surface area contributed by atoms with Gasteiger partial charge in [-0.2, -0.15) is 0 Å². The first-order chi connectivity index (χ1) is 16.7. The fourth-order valence-corrected chi connectivity index (χ4v) is 5.85. The fraction of sp³-hybridized carbons (Fsp3) is 0.750. The molecule has 1 amide bonds. The van der Waals surface area contributed by atoms with Crippen LogP contribution in [0.4, 0.5) is 4.79 Å². The monoisotopic (exact) mass is 525 g/mol. The highest BCUT2D eigenvalue weighted by Crippen LogP contribution is 2.56. The van der Waals surface area contributed by atoms with Gasteiger partial charge in [-0.05, 0) is 78.4 Å². The van der Waals surface area contributed by atoms with Crippen molar-refractivity contribution in [1.29, 1.82) is 0 Å². The lowest BCUT2D eigenvalue weighted by Gasteiger charge is -2.41. The number of phosphoric acid groups is 1. The topological polar surface area (TPSA) is 83.1 Å². The number of hydrogen-bond acceptors (Lipinski definition) is 6. The average Bonchev–Trinajstić information content (AvgIpc) is 2.75. The van der Waals surface area contributed by atoms with Gasteiger partial charge in [0.2, 0.25) is 0 Å². The molecule has 1 fully saturated rings. The fourth-order valence-electron chi connectivity index (χ4n) is 4.19. The third kappa shape index (κ3) is 11.3. The van der Waals surface area contributed by atoms with E-state index in [1.165, 1.54) is 49.7 Å². The van der Waals surface area contributed by atoms with Gasteiger partial charge in [0.15, 0.2) is 0 Å². The minimum atomic E-state index is -3.72. The van der Waals surface area contributed by atoms with Gasteiger partial charge in [-0.1, -0.05) is 63.3 Å². The number of carbonyl (C=O) groups is 1. The van der Waals surface area contributed by atoms with E-state index in [1.807, 2.05) is 26.8 Å². The van der Waals surface area contributed by atoms with Crippen molar-refractivity contribution in [1.82, 2.24) is 5.32 Å². The van der Waals surface area contributed by atoms with Crippen LogP contribution in [0, 0.1) is 0 Å². The number of ether oxygens (including phenoxy) is 1. The largest absolute Gasteiger partial charge is 0.475 e. The number of benzene rings is 1. The number of hydrogen-bond donors (Lipinski definition) is 1. The van der Waals surface area contributed by atoms with E-state index in [-0.39, 0.29) is 13.2 Å². The predicted molar refractivity (Wildman–Crippen MR) is 144 cm³/mol. The third-order valence-electron chi connectivity index (χ3n) is 5.94.